The van der Waals surface area contributed by atoms with Crippen molar-refractivity contribution in [3.05, 3.63) is 58.9 Å². The van der Waals surface area contributed by atoms with Crippen LogP contribution < -0.4 is 5.32 Å². The molecule has 0 spiro atoms. The Hall–Kier alpha value is -2.35. The molecule has 0 unspecified atom stereocenters. The largest absolute Gasteiger partial charge is 0.395 e. The molecule has 106 valence electrons. The second-order valence-corrected chi connectivity index (χ2v) is 4.60. The van der Waals surface area contributed by atoms with Gasteiger partial charge >= 0.3 is 0 Å². The number of nitrogens with one attached hydrogen (secondary N) is 1. The molecular formula is C16H13ClN2O2. The van der Waals surface area contributed by atoms with Crippen LogP contribution >= 0.6 is 11.6 Å². The first-order valence-electron chi connectivity index (χ1n) is 6.31. The third kappa shape index (κ3) is 4.32. The molecule has 1 amide bonds. The summed E-state index contributed by atoms with van der Waals surface area (Å²) in [5, 5.41) is 12.0. The van der Waals surface area contributed by atoms with Crippen molar-refractivity contribution in [1.29, 1.82) is 0 Å². The van der Waals surface area contributed by atoms with Gasteiger partial charge in [-0.15, -0.1) is 0 Å². The predicted octanol–water partition coefficient (Wildman–Crippen LogP) is 2.72. The molecule has 5 heteroatoms. The Morgan fingerprint density at radius 2 is 2.24 bits per heavy atom. The summed E-state index contributed by atoms with van der Waals surface area (Å²) in [5.74, 6) is 5.43. The zero-order valence-corrected chi connectivity index (χ0v) is 11.9. The van der Waals surface area contributed by atoms with Crippen LogP contribution in [0.4, 0.5) is 5.69 Å². The number of carbonyl (C=O) groups excluding carboxylic acids is 1. The highest BCUT2D eigenvalue weighted by Gasteiger charge is 2.09. The lowest BCUT2D eigenvalue weighted by molar-refractivity contribution is 0.102. The fourth-order valence-electron chi connectivity index (χ4n) is 1.63. The first-order chi connectivity index (χ1) is 10.2. The fraction of sp³-hybridized carbons (Fsp3) is 0.125. The van der Waals surface area contributed by atoms with Gasteiger partial charge in [-0.05, 0) is 30.3 Å². The zero-order chi connectivity index (χ0) is 15.1. The average Bonchev–Trinajstić information content (AvgIpc) is 2.50. The van der Waals surface area contributed by atoms with E-state index in [-0.39, 0.29) is 12.5 Å². The van der Waals surface area contributed by atoms with Crippen LogP contribution in [0.15, 0.2) is 42.7 Å². The maximum Gasteiger partial charge on any atom is 0.257 e. The van der Waals surface area contributed by atoms with E-state index < -0.39 is 0 Å². The number of halogens is 1. The molecule has 0 aliphatic heterocycles. The van der Waals surface area contributed by atoms with E-state index in [9.17, 15) is 4.79 Å². The molecule has 2 N–H and O–H groups in total. The van der Waals surface area contributed by atoms with Gasteiger partial charge in [0.05, 0.1) is 17.9 Å². The highest BCUT2D eigenvalue weighted by atomic mass is 35.5. The summed E-state index contributed by atoms with van der Waals surface area (Å²) in [4.78, 5) is 16.0. The Labute approximate surface area is 127 Å². The smallest absolute Gasteiger partial charge is 0.257 e. The predicted molar refractivity (Wildman–Crippen MR) is 82.2 cm³/mol. The Kier molecular flexibility index (Phi) is 5.33. The summed E-state index contributed by atoms with van der Waals surface area (Å²) < 4.78 is 0. The van der Waals surface area contributed by atoms with E-state index in [0.29, 0.717) is 28.3 Å². The number of aromatic nitrogens is 1. The highest BCUT2D eigenvalue weighted by molar-refractivity contribution is 6.31. The van der Waals surface area contributed by atoms with E-state index in [1.807, 2.05) is 0 Å². The van der Waals surface area contributed by atoms with Gasteiger partial charge in [0.2, 0.25) is 0 Å². The second-order valence-electron chi connectivity index (χ2n) is 4.16. The van der Waals surface area contributed by atoms with E-state index in [2.05, 4.69) is 22.1 Å². The van der Waals surface area contributed by atoms with Crippen molar-refractivity contribution >= 4 is 23.2 Å². The minimum atomic E-state index is -0.282. The minimum absolute atomic E-state index is 0.00202. The summed E-state index contributed by atoms with van der Waals surface area (Å²) in [7, 11) is 0. The quantitative estimate of drug-likeness (QED) is 0.857. The number of aliphatic hydroxyl groups excluding tert-OH is 1. The van der Waals surface area contributed by atoms with Crippen LogP contribution in [0.1, 0.15) is 22.3 Å². The van der Waals surface area contributed by atoms with Gasteiger partial charge in [0.1, 0.15) is 0 Å². The van der Waals surface area contributed by atoms with Gasteiger partial charge in [-0.2, -0.15) is 0 Å². The summed E-state index contributed by atoms with van der Waals surface area (Å²) in [6.45, 7) is -0.00202. The van der Waals surface area contributed by atoms with Gasteiger partial charge in [-0.3, -0.25) is 9.78 Å². The van der Waals surface area contributed by atoms with E-state index >= 15 is 0 Å². The maximum atomic E-state index is 12.1. The van der Waals surface area contributed by atoms with E-state index in [1.54, 1.807) is 36.5 Å². The molecule has 1 heterocycles. The van der Waals surface area contributed by atoms with Crippen molar-refractivity contribution < 1.29 is 9.90 Å². The van der Waals surface area contributed by atoms with Crippen LogP contribution in [0.5, 0.6) is 0 Å². The van der Waals surface area contributed by atoms with Crippen molar-refractivity contribution in [3.63, 3.8) is 0 Å². The molecule has 2 rings (SSSR count). The summed E-state index contributed by atoms with van der Waals surface area (Å²) >= 11 is 5.96. The first-order valence-corrected chi connectivity index (χ1v) is 6.69. The third-order valence-corrected chi connectivity index (χ3v) is 2.85. The number of nitrogens with zero attached hydrogens (tertiary/aromatic N) is 1. The number of anilines is 1. The molecule has 4 nitrogen and oxygen atoms in total. The van der Waals surface area contributed by atoms with Crippen molar-refractivity contribution in [1.82, 2.24) is 4.98 Å². The molecule has 0 bridgehead atoms. The molecule has 1 aromatic carbocycles. The Balaban J connectivity index is 2.25. The van der Waals surface area contributed by atoms with Crippen LogP contribution in [0.25, 0.3) is 0 Å². The van der Waals surface area contributed by atoms with Gasteiger partial charge < -0.3 is 10.4 Å². The molecule has 0 radical (unpaired) electrons. The molecule has 21 heavy (non-hydrogen) atoms. The summed E-state index contributed by atoms with van der Waals surface area (Å²) in [6.07, 6.45) is 3.46. The molecule has 0 aliphatic rings. The molecule has 0 saturated heterocycles. The van der Waals surface area contributed by atoms with Crippen LogP contribution in [-0.4, -0.2) is 22.6 Å². The molecule has 0 aliphatic carbocycles. The van der Waals surface area contributed by atoms with Crippen molar-refractivity contribution in [3.8, 4) is 11.8 Å². The minimum Gasteiger partial charge on any atom is -0.395 e. The number of pyridine rings is 1. The molecule has 1 aromatic heterocycles. The number of benzene rings is 1. The summed E-state index contributed by atoms with van der Waals surface area (Å²) in [6, 6.07) is 8.42. The summed E-state index contributed by atoms with van der Waals surface area (Å²) in [5.41, 5.74) is 1.62. The van der Waals surface area contributed by atoms with Crippen LogP contribution in [-0.2, 0) is 0 Å². The number of aliphatic hydroxyl groups is 1. The number of carbonyl (C=O) groups is 1. The number of hydrogen-bond donors (Lipinski definition) is 2. The standard InChI is InChI=1S/C16H13ClN2O2/c17-14-7-6-12(4-1-2-9-20)15(10-14)19-16(21)13-5-3-8-18-11-13/h3,5-8,10-11,20H,2,9H2,(H,19,21). The monoisotopic (exact) mass is 300 g/mol. The lowest BCUT2D eigenvalue weighted by Crippen LogP contribution is -2.13. The number of hydrogen-bond acceptors (Lipinski definition) is 3. The van der Waals surface area contributed by atoms with Gasteiger partial charge in [-0.25, -0.2) is 0 Å². The molecule has 0 saturated carbocycles. The van der Waals surface area contributed by atoms with Crippen molar-refractivity contribution in [2.45, 2.75) is 6.42 Å². The molecule has 2 aromatic rings. The van der Waals surface area contributed by atoms with Gasteiger partial charge in [0, 0.05) is 29.4 Å². The highest BCUT2D eigenvalue weighted by Crippen LogP contribution is 2.21. The van der Waals surface area contributed by atoms with Crippen LogP contribution in [0.3, 0.4) is 0 Å². The van der Waals surface area contributed by atoms with E-state index in [0.717, 1.165) is 0 Å². The fourth-order valence-corrected chi connectivity index (χ4v) is 1.81. The van der Waals surface area contributed by atoms with Gasteiger partial charge in [0.25, 0.3) is 5.91 Å². The molecule has 0 atom stereocenters. The lowest BCUT2D eigenvalue weighted by Gasteiger charge is -2.08. The SMILES string of the molecule is O=C(Nc1cc(Cl)ccc1C#CCCO)c1cccnc1. The lowest BCUT2D eigenvalue weighted by atomic mass is 10.1. The van der Waals surface area contributed by atoms with Gasteiger partial charge in [-0.1, -0.05) is 23.4 Å². The third-order valence-electron chi connectivity index (χ3n) is 2.61. The van der Waals surface area contributed by atoms with Crippen molar-refractivity contribution in [2.75, 3.05) is 11.9 Å². The van der Waals surface area contributed by atoms with Crippen LogP contribution in [0.2, 0.25) is 5.02 Å². The number of rotatable bonds is 3. The Morgan fingerprint density at radius 3 is 2.95 bits per heavy atom. The van der Waals surface area contributed by atoms with E-state index in [1.165, 1.54) is 6.20 Å². The zero-order valence-electron chi connectivity index (χ0n) is 11.1. The first kappa shape index (κ1) is 15.0. The normalized spacial score (nSPS) is 9.62. The average molecular weight is 301 g/mol. The number of amides is 1. The molecular weight excluding hydrogens is 288 g/mol. The topological polar surface area (TPSA) is 62.2 Å². The Morgan fingerprint density at radius 1 is 1.38 bits per heavy atom. The van der Waals surface area contributed by atoms with Crippen molar-refractivity contribution in [2.24, 2.45) is 0 Å². The maximum absolute atomic E-state index is 12.1. The van der Waals surface area contributed by atoms with E-state index in [4.69, 9.17) is 16.7 Å². The van der Waals surface area contributed by atoms with Crippen LogP contribution in [0, 0.1) is 11.8 Å². The van der Waals surface area contributed by atoms with Gasteiger partial charge in [0.15, 0.2) is 0 Å². The molecule has 0 fully saturated rings. The Bertz CT molecular complexity index is 690. The second kappa shape index (κ2) is 7.44.